The molecule has 6 atom stereocenters. The normalized spacial score (nSPS) is 33.5. The van der Waals surface area contributed by atoms with Gasteiger partial charge in [-0.05, 0) is 62.2 Å². The highest BCUT2D eigenvalue weighted by Gasteiger charge is 2.32. The summed E-state index contributed by atoms with van der Waals surface area (Å²) in [6.45, 7) is 4.71. The number of carboxylic acids is 1. The fraction of sp³-hybridized carbons (Fsp3) is 0.727. The Morgan fingerprint density at radius 1 is 1.15 bits per heavy atom. The molecule has 0 aromatic heterocycles. The molecule has 0 radical (unpaired) electrons. The molecule has 2 aliphatic carbocycles. The van der Waals surface area contributed by atoms with Crippen molar-refractivity contribution in [3.63, 3.8) is 0 Å². The largest absolute Gasteiger partial charge is 0.479 e. The first-order valence-corrected chi connectivity index (χ1v) is 10.1. The van der Waals surface area contributed by atoms with Gasteiger partial charge in [0.05, 0.1) is 0 Å². The number of carbonyl (C=O) groups is 2. The van der Waals surface area contributed by atoms with Crippen LogP contribution in [0.1, 0.15) is 65.2 Å². The molecular weight excluding hydrogens is 328 g/mol. The first-order valence-electron chi connectivity index (χ1n) is 10.1. The number of carbonyl (C=O) groups excluding carboxylic acids is 1. The zero-order valence-electron chi connectivity index (χ0n) is 16.1. The lowest BCUT2D eigenvalue weighted by Gasteiger charge is -2.17. The van der Waals surface area contributed by atoms with Gasteiger partial charge in [0.25, 0.3) is 0 Å². The number of hydrogen-bond acceptors (Lipinski definition) is 3. The number of aliphatic hydroxyl groups excluding tert-OH is 1. The quantitative estimate of drug-likeness (QED) is 0.597. The van der Waals surface area contributed by atoms with Crippen LogP contribution in [0.25, 0.3) is 0 Å². The summed E-state index contributed by atoms with van der Waals surface area (Å²) >= 11 is 0. The van der Waals surface area contributed by atoms with E-state index in [2.05, 4.69) is 26.0 Å². The summed E-state index contributed by atoms with van der Waals surface area (Å²) in [7, 11) is 0. The lowest BCUT2D eigenvalue weighted by Crippen LogP contribution is -2.18. The maximum atomic E-state index is 12.2. The number of hydrogen-bond donors (Lipinski definition) is 2. The van der Waals surface area contributed by atoms with Crippen LogP contribution in [0.2, 0.25) is 0 Å². The lowest BCUT2D eigenvalue weighted by molar-refractivity contribution is -0.146. The number of carboxylic acid groups (broad SMARTS) is 1. The van der Waals surface area contributed by atoms with E-state index < -0.39 is 12.1 Å². The van der Waals surface area contributed by atoms with Gasteiger partial charge in [-0.25, -0.2) is 4.79 Å². The second kappa shape index (κ2) is 10.1. The van der Waals surface area contributed by atoms with E-state index >= 15 is 0 Å². The molecule has 4 unspecified atom stereocenters. The molecular formula is C22H34O4. The van der Waals surface area contributed by atoms with Crippen molar-refractivity contribution in [2.45, 2.75) is 71.3 Å². The van der Waals surface area contributed by atoms with Gasteiger partial charge in [-0.15, -0.1) is 0 Å². The maximum absolute atomic E-state index is 12.2. The van der Waals surface area contributed by atoms with Crippen molar-refractivity contribution in [1.29, 1.82) is 0 Å². The summed E-state index contributed by atoms with van der Waals surface area (Å²) in [6, 6.07) is 0. The third kappa shape index (κ3) is 5.80. The fourth-order valence-electron chi connectivity index (χ4n) is 4.44. The molecule has 0 aromatic carbocycles. The molecule has 4 nitrogen and oxygen atoms in total. The van der Waals surface area contributed by atoms with Crippen LogP contribution in [0.5, 0.6) is 0 Å². The van der Waals surface area contributed by atoms with Gasteiger partial charge < -0.3 is 10.2 Å². The van der Waals surface area contributed by atoms with E-state index in [1.54, 1.807) is 0 Å². The van der Waals surface area contributed by atoms with Crippen LogP contribution >= 0.6 is 0 Å². The minimum Gasteiger partial charge on any atom is -0.479 e. The van der Waals surface area contributed by atoms with Gasteiger partial charge in [0.15, 0.2) is 6.10 Å². The van der Waals surface area contributed by atoms with Gasteiger partial charge in [0.2, 0.25) is 0 Å². The van der Waals surface area contributed by atoms with E-state index in [0.717, 1.165) is 30.6 Å². The molecule has 2 rings (SSSR count). The van der Waals surface area contributed by atoms with Crippen molar-refractivity contribution in [2.75, 3.05) is 0 Å². The minimum absolute atomic E-state index is 0.0619. The molecule has 2 fully saturated rings. The van der Waals surface area contributed by atoms with E-state index in [0.29, 0.717) is 31.0 Å². The second-order valence-corrected chi connectivity index (χ2v) is 8.25. The first kappa shape index (κ1) is 20.9. The van der Waals surface area contributed by atoms with Crippen LogP contribution in [-0.2, 0) is 9.59 Å². The Kier molecular flexibility index (Phi) is 8.08. The Balaban J connectivity index is 1.77. The molecule has 2 aliphatic rings. The first-order chi connectivity index (χ1) is 12.4. The molecule has 0 amide bonds. The van der Waals surface area contributed by atoms with Crippen molar-refractivity contribution >= 4 is 11.8 Å². The predicted octanol–water partition coefficient (Wildman–Crippen LogP) is 4.38. The standard InChI is InChI=1S/C22H34O4/c1-15-11-12-17(16(15)2)7-6-8-18-13-14-20(23)19(18)9-4-3-5-10-21(24)22(25)26/h3-4,6,8,15-19,21,24H,5,7,9-14H2,1-2H3,(H,25,26)/t15?,16?,17?,18-,19+,21?/m0/s1. The van der Waals surface area contributed by atoms with Gasteiger partial charge >= 0.3 is 5.97 Å². The number of aliphatic carboxylic acids is 1. The van der Waals surface area contributed by atoms with Crippen molar-refractivity contribution in [3.05, 3.63) is 24.3 Å². The zero-order chi connectivity index (χ0) is 19.1. The summed E-state index contributed by atoms with van der Waals surface area (Å²) in [5.74, 6) is 1.98. The molecule has 0 saturated heterocycles. The number of ketones is 1. The fourth-order valence-corrected chi connectivity index (χ4v) is 4.44. The van der Waals surface area contributed by atoms with Gasteiger partial charge in [0, 0.05) is 12.3 Å². The zero-order valence-corrected chi connectivity index (χ0v) is 16.1. The van der Waals surface area contributed by atoms with E-state index in [1.807, 2.05) is 12.2 Å². The van der Waals surface area contributed by atoms with Crippen molar-refractivity contribution in [1.82, 2.24) is 0 Å². The molecule has 0 aliphatic heterocycles. The molecule has 146 valence electrons. The van der Waals surface area contributed by atoms with Crippen molar-refractivity contribution in [3.8, 4) is 0 Å². The molecule has 0 spiro atoms. The minimum atomic E-state index is -1.30. The molecule has 2 N–H and O–H groups in total. The van der Waals surface area contributed by atoms with Crippen LogP contribution in [0.15, 0.2) is 24.3 Å². The van der Waals surface area contributed by atoms with Crippen molar-refractivity contribution < 1.29 is 19.8 Å². The summed E-state index contributed by atoms with van der Waals surface area (Å²) < 4.78 is 0. The van der Waals surface area contributed by atoms with E-state index in [-0.39, 0.29) is 12.3 Å². The van der Waals surface area contributed by atoms with E-state index in [4.69, 9.17) is 5.11 Å². The van der Waals surface area contributed by atoms with Gasteiger partial charge in [-0.3, -0.25) is 4.79 Å². The highest BCUT2D eigenvalue weighted by atomic mass is 16.4. The van der Waals surface area contributed by atoms with Crippen LogP contribution in [-0.4, -0.2) is 28.1 Å². The van der Waals surface area contributed by atoms with Gasteiger partial charge in [-0.2, -0.15) is 0 Å². The third-order valence-corrected chi connectivity index (χ3v) is 6.56. The van der Waals surface area contributed by atoms with Gasteiger partial charge in [-0.1, -0.05) is 44.6 Å². The Bertz CT molecular complexity index is 536. The lowest BCUT2D eigenvalue weighted by atomic mass is 9.88. The van der Waals surface area contributed by atoms with Crippen LogP contribution in [0.4, 0.5) is 0 Å². The Hall–Kier alpha value is -1.42. The van der Waals surface area contributed by atoms with Gasteiger partial charge in [0.1, 0.15) is 5.78 Å². The second-order valence-electron chi connectivity index (χ2n) is 8.25. The molecule has 0 heterocycles. The van der Waals surface area contributed by atoms with Crippen LogP contribution in [0.3, 0.4) is 0 Å². The summed E-state index contributed by atoms with van der Waals surface area (Å²) in [4.78, 5) is 22.7. The molecule has 2 saturated carbocycles. The number of rotatable bonds is 9. The smallest absolute Gasteiger partial charge is 0.332 e. The average Bonchev–Trinajstić information content (AvgIpc) is 3.11. The topological polar surface area (TPSA) is 74.6 Å². The Labute approximate surface area is 157 Å². The predicted molar refractivity (Wildman–Crippen MR) is 103 cm³/mol. The van der Waals surface area contributed by atoms with Crippen LogP contribution in [0, 0.1) is 29.6 Å². The highest BCUT2D eigenvalue weighted by molar-refractivity contribution is 5.83. The average molecular weight is 363 g/mol. The Morgan fingerprint density at radius 2 is 1.92 bits per heavy atom. The Morgan fingerprint density at radius 3 is 2.58 bits per heavy atom. The highest BCUT2D eigenvalue weighted by Crippen LogP contribution is 2.39. The molecule has 0 aromatic rings. The molecule has 26 heavy (non-hydrogen) atoms. The summed E-state index contributed by atoms with van der Waals surface area (Å²) in [5.41, 5.74) is 0. The molecule has 4 heteroatoms. The van der Waals surface area contributed by atoms with E-state index in [1.165, 1.54) is 12.8 Å². The SMILES string of the molecule is CC1CCC(CC=C[C@H]2CCC(=O)[C@@H]2CC=CCCC(O)C(=O)O)C1C. The number of aliphatic hydroxyl groups is 1. The van der Waals surface area contributed by atoms with Crippen molar-refractivity contribution in [2.24, 2.45) is 29.6 Å². The monoisotopic (exact) mass is 362 g/mol. The number of Topliss-reactive ketones (excluding diaryl/α,β-unsaturated/α-hetero) is 1. The summed E-state index contributed by atoms with van der Waals surface area (Å²) in [6.07, 6.45) is 14.0. The van der Waals surface area contributed by atoms with E-state index in [9.17, 15) is 14.7 Å². The maximum Gasteiger partial charge on any atom is 0.332 e. The number of allylic oxidation sites excluding steroid dienone is 4. The summed E-state index contributed by atoms with van der Waals surface area (Å²) in [5, 5.41) is 17.9. The molecule has 0 bridgehead atoms. The van der Waals surface area contributed by atoms with Crippen LogP contribution < -0.4 is 0 Å². The third-order valence-electron chi connectivity index (χ3n) is 6.56.